The van der Waals surface area contributed by atoms with Crippen LogP contribution in [0.1, 0.15) is 55.3 Å². The van der Waals surface area contributed by atoms with Crippen LogP contribution in [0.3, 0.4) is 0 Å². The van der Waals surface area contributed by atoms with Crippen LogP contribution >= 0.6 is 0 Å². The van der Waals surface area contributed by atoms with Gasteiger partial charge in [-0.25, -0.2) is 0 Å². The molecule has 2 aliphatic carbocycles. The van der Waals surface area contributed by atoms with Crippen LogP contribution in [0.15, 0.2) is 18.2 Å². The fourth-order valence-electron chi connectivity index (χ4n) is 3.20. The summed E-state index contributed by atoms with van der Waals surface area (Å²) < 4.78 is 0. The molecule has 0 aromatic heterocycles. The second-order valence-corrected chi connectivity index (χ2v) is 5.95. The summed E-state index contributed by atoms with van der Waals surface area (Å²) in [5, 5.41) is 12.9. The van der Waals surface area contributed by atoms with Crippen molar-refractivity contribution >= 4 is 0 Å². The number of aliphatic hydroxyl groups excluding tert-OH is 1. The fourth-order valence-corrected chi connectivity index (χ4v) is 3.20. The summed E-state index contributed by atoms with van der Waals surface area (Å²) in [6.07, 6.45) is 6.94. The molecular weight excluding hydrogens is 222 g/mol. The molecule has 1 fully saturated rings. The van der Waals surface area contributed by atoms with E-state index in [0.29, 0.717) is 12.1 Å². The first kappa shape index (κ1) is 12.2. The topological polar surface area (TPSA) is 32.3 Å². The van der Waals surface area contributed by atoms with Gasteiger partial charge >= 0.3 is 0 Å². The van der Waals surface area contributed by atoms with Crippen LogP contribution in [-0.2, 0) is 12.8 Å². The van der Waals surface area contributed by atoms with Gasteiger partial charge in [0.05, 0.1) is 6.10 Å². The minimum Gasteiger partial charge on any atom is -0.393 e. The zero-order valence-corrected chi connectivity index (χ0v) is 11.2. The minimum atomic E-state index is -0.0711. The molecule has 0 bridgehead atoms. The van der Waals surface area contributed by atoms with Crippen LogP contribution in [0.4, 0.5) is 0 Å². The number of aryl methyl sites for hydroxylation is 2. The predicted molar refractivity (Wildman–Crippen MR) is 73.7 cm³/mol. The maximum Gasteiger partial charge on any atom is 0.0570 e. The van der Waals surface area contributed by atoms with Gasteiger partial charge in [0.1, 0.15) is 0 Å². The molecule has 0 heterocycles. The zero-order valence-electron chi connectivity index (χ0n) is 11.2. The fraction of sp³-hybridized carbons (Fsp3) is 0.625. The van der Waals surface area contributed by atoms with Crippen LogP contribution in [0.25, 0.3) is 0 Å². The Morgan fingerprint density at radius 3 is 2.61 bits per heavy atom. The smallest absolute Gasteiger partial charge is 0.0570 e. The third kappa shape index (κ3) is 2.45. The van der Waals surface area contributed by atoms with E-state index in [0.717, 1.165) is 12.8 Å². The Balaban J connectivity index is 1.67. The summed E-state index contributed by atoms with van der Waals surface area (Å²) in [5.74, 6) is 0. The summed E-state index contributed by atoms with van der Waals surface area (Å²) in [6.45, 7) is 2.23. The third-order valence-corrected chi connectivity index (χ3v) is 4.47. The molecule has 1 saturated carbocycles. The first-order valence-electron chi connectivity index (χ1n) is 7.28. The van der Waals surface area contributed by atoms with Crippen molar-refractivity contribution in [3.8, 4) is 0 Å². The summed E-state index contributed by atoms with van der Waals surface area (Å²) >= 11 is 0. The highest BCUT2D eigenvalue weighted by molar-refractivity contribution is 5.35. The van der Waals surface area contributed by atoms with Gasteiger partial charge in [-0.1, -0.05) is 18.2 Å². The minimum absolute atomic E-state index is 0.0711. The lowest BCUT2D eigenvalue weighted by Crippen LogP contribution is -2.45. The standard InChI is InChI=1S/C16H23NO/c1-11(17-15-9-16(18)10-15)13-7-6-12-4-2-3-5-14(12)8-13/h6-8,11,15-18H,2-5,9-10H2,1H3. The molecule has 0 radical (unpaired) electrons. The number of hydrogen-bond acceptors (Lipinski definition) is 2. The number of fused-ring (bicyclic) bond motifs is 1. The van der Waals surface area contributed by atoms with Crippen molar-refractivity contribution < 1.29 is 5.11 Å². The molecule has 0 saturated heterocycles. The average Bonchev–Trinajstić information content (AvgIpc) is 2.36. The molecule has 2 heteroatoms. The lowest BCUT2D eigenvalue weighted by molar-refractivity contribution is 0.0586. The van der Waals surface area contributed by atoms with E-state index in [1.54, 1.807) is 11.1 Å². The lowest BCUT2D eigenvalue weighted by Gasteiger charge is -2.34. The van der Waals surface area contributed by atoms with E-state index in [-0.39, 0.29) is 6.10 Å². The Bertz CT molecular complexity index is 423. The Morgan fingerprint density at radius 2 is 1.89 bits per heavy atom. The quantitative estimate of drug-likeness (QED) is 0.858. The van der Waals surface area contributed by atoms with Gasteiger partial charge in [-0.2, -0.15) is 0 Å². The molecule has 2 N–H and O–H groups in total. The van der Waals surface area contributed by atoms with Crippen LogP contribution in [-0.4, -0.2) is 17.3 Å². The molecule has 1 atom stereocenters. The third-order valence-electron chi connectivity index (χ3n) is 4.47. The van der Waals surface area contributed by atoms with Crippen molar-refractivity contribution in [3.63, 3.8) is 0 Å². The van der Waals surface area contributed by atoms with Gasteiger partial charge in [-0.05, 0) is 62.1 Å². The molecule has 0 amide bonds. The first-order chi connectivity index (χ1) is 8.72. The Morgan fingerprint density at radius 1 is 1.17 bits per heavy atom. The summed E-state index contributed by atoms with van der Waals surface area (Å²) in [7, 11) is 0. The van der Waals surface area contributed by atoms with Gasteiger partial charge in [0.15, 0.2) is 0 Å². The van der Waals surface area contributed by atoms with Gasteiger partial charge in [0.25, 0.3) is 0 Å². The Kier molecular flexibility index (Phi) is 3.40. The largest absolute Gasteiger partial charge is 0.393 e. The van der Waals surface area contributed by atoms with E-state index in [9.17, 15) is 5.11 Å². The van der Waals surface area contributed by atoms with E-state index >= 15 is 0 Å². The SMILES string of the molecule is CC(NC1CC(O)C1)c1ccc2c(c1)CCCC2. The Labute approximate surface area is 109 Å². The van der Waals surface area contributed by atoms with Crippen LogP contribution in [0, 0.1) is 0 Å². The number of benzene rings is 1. The lowest BCUT2D eigenvalue weighted by atomic mass is 9.87. The highest BCUT2D eigenvalue weighted by atomic mass is 16.3. The summed E-state index contributed by atoms with van der Waals surface area (Å²) in [5.41, 5.74) is 4.51. The van der Waals surface area contributed by atoms with Crippen molar-refractivity contribution in [2.75, 3.05) is 0 Å². The molecule has 3 rings (SSSR count). The molecule has 2 nitrogen and oxygen atoms in total. The van der Waals surface area contributed by atoms with Crippen LogP contribution in [0.5, 0.6) is 0 Å². The highest BCUT2D eigenvalue weighted by Crippen LogP contribution is 2.27. The normalized spacial score (nSPS) is 28.3. The summed E-state index contributed by atoms with van der Waals surface area (Å²) in [6, 6.07) is 7.89. The van der Waals surface area contributed by atoms with Crippen LogP contribution < -0.4 is 5.32 Å². The number of hydrogen-bond donors (Lipinski definition) is 2. The van der Waals surface area contributed by atoms with E-state index in [1.807, 2.05) is 0 Å². The molecule has 98 valence electrons. The average molecular weight is 245 g/mol. The predicted octanol–water partition coefficient (Wildman–Crippen LogP) is 2.74. The van der Waals surface area contributed by atoms with Gasteiger partial charge in [-0.3, -0.25) is 0 Å². The van der Waals surface area contributed by atoms with Crippen LogP contribution in [0.2, 0.25) is 0 Å². The van der Waals surface area contributed by atoms with Crippen molar-refractivity contribution in [2.45, 2.75) is 63.6 Å². The van der Waals surface area contributed by atoms with Crippen molar-refractivity contribution in [2.24, 2.45) is 0 Å². The van der Waals surface area contributed by atoms with Gasteiger partial charge in [0.2, 0.25) is 0 Å². The van der Waals surface area contributed by atoms with Gasteiger partial charge in [0, 0.05) is 12.1 Å². The van der Waals surface area contributed by atoms with Crippen molar-refractivity contribution in [3.05, 3.63) is 34.9 Å². The molecule has 1 aromatic rings. The number of rotatable bonds is 3. The second-order valence-electron chi connectivity index (χ2n) is 5.95. The number of nitrogens with one attached hydrogen (secondary N) is 1. The first-order valence-corrected chi connectivity index (χ1v) is 7.28. The molecule has 2 aliphatic rings. The highest BCUT2D eigenvalue weighted by Gasteiger charge is 2.28. The molecular formula is C16H23NO. The molecule has 1 aromatic carbocycles. The van der Waals surface area contributed by atoms with E-state index in [2.05, 4.69) is 30.4 Å². The number of aliphatic hydroxyl groups is 1. The monoisotopic (exact) mass is 245 g/mol. The van der Waals surface area contributed by atoms with E-state index < -0.39 is 0 Å². The van der Waals surface area contributed by atoms with E-state index in [4.69, 9.17) is 0 Å². The van der Waals surface area contributed by atoms with Gasteiger partial charge in [-0.15, -0.1) is 0 Å². The second kappa shape index (κ2) is 5.02. The van der Waals surface area contributed by atoms with Crippen molar-refractivity contribution in [1.82, 2.24) is 5.32 Å². The maximum absolute atomic E-state index is 9.32. The molecule has 1 unspecified atom stereocenters. The molecule has 18 heavy (non-hydrogen) atoms. The maximum atomic E-state index is 9.32. The van der Waals surface area contributed by atoms with Crippen molar-refractivity contribution in [1.29, 1.82) is 0 Å². The Hall–Kier alpha value is -0.860. The zero-order chi connectivity index (χ0) is 12.5. The van der Waals surface area contributed by atoms with Gasteiger partial charge < -0.3 is 10.4 Å². The molecule has 0 aliphatic heterocycles. The van der Waals surface area contributed by atoms with E-state index in [1.165, 1.54) is 31.2 Å². The molecule has 0 spiro atoms. The summed E-state index contributed by atoms with van der Waals surface area (Å²) in [4.78, 5) is 0.